The van der Waals surface area contributed by atoms with Crippen molar-refractivity contribution in [1.82, 2.24) is 0 Å². The van der Waals surface area contributed by atoms with E-state index in [0.717, 1.165) is 64.2 Å². The molecule has 0 aromatic rings. The van der Waals surface area contributed by atoms with Crippen LogP contribution in [0, 0.1) is 5.92 Å². The van der Waals surface area contributed by atoms with Gasteiger partial charge in [0.05, 0.1) is 5.92 Å². The summed E-state index contributed by atoms with van der Waals surface area (Å²) in [6.07, 6.45) is 11.6. The topological polar surface area (TPSA) is 34.1 Å². The molecule has 0 saturated carbocycles. The van der Waals surface area contributed by atoms with Gasteiger partial charge in [-0.15, -0.1) is 0 Å². The minimum atomic E-state index is -0.296. The highest BCUT2D eigenvalue weighted by Crippen LogP contribution is 2.19. The number of rotatable bonds is 14. The summed E-state index contributed by atoms with van der Waals surface area (Å²) in [5.41, 5.74) is 0. The molecule has 20 heavy (non-hydrogen) atoms. The molecule has 0 aliphatic heterocycles. The van der Waals surface area contributed by atoms with Gasteiger partial charge in [-0.1, -0.05) is 65.7 Å². The summed E-state index contributed by atoms with van der Waals surface area (Å²) in [5, 5.41) is 0. The zero-order valence-corrected chi connectivity index (χ0v) is 13.9. The molecule has 0 atom stereocenters. The fourth-order valence-electron chi connectivity index (χ4n) is 2.55. The second-order valence-corrected chi connectivity index (χ2v) is 5.90. The van der Waals surface area contributed by atoms with Crippen molar-refractivity contribution < 1.29 is 9.59 Å². The molecule has 0 spiro atoms. The normalized spacial score (nSPS) is 11.0. The Balaban J connectivity index is 4.29. The lowest BCUT2D eigenvalue weighted by Crippen LogP contribution is -2.24. The van der Waals surface area contributed by atoms with Crippen molar-refractivity contribution in [2.75, 3.05) is 0 Å². The average molecular weight is 282 g/mol. The molecule has 2 nitrogen and oxygen atoms in total. The molecular formula is C18H34O2. The van der Waals surface area contributed by atoms with Gasteiger partial charge in [-0.3, -0.25) is 9.59 Å². The fourth-order valence-corrected chi connectivity index (χ4v) is 2.55. The number of ketones is 2. The third-order valence-corrected chi connectivity index (χ3v) is 3.93. The molecule has 0 radical (unpaired) electrons. The van der Waals surface area contributed by atoms with E-state index in [4.69, 9.17) is 0 Å². The van der Waals surface area contributed by atoms with E-state index in [0.29, 0.717) is 12.8 Å². The molecule has 0 heterocycles. The van der Waals surface area contributed by atoms with Gasteiger partial charge in [-0.25, -0.2) is 0 Å². The van der Waals surface area contributed by atoms with Crippen LogP contribution in [-0.4, -0.2) is 11.6 Å². The van der Waals surface area contributed by atoms with Crippen LogP contribution in [0.15, 0.2) is 0 Å². The molecule has 0 rings (SSSR count). The van der Waals surface area contributed by atoms with E-state index in [1.807, 2.05) is 0 Å². The summed E-state index contributed by atoms with van der Waals surface area (Å²) in [5.74, 6) is 0.113. The van der Waals surface area contributed by atoms with E-state index in [-0.39, 0.29) is 17.5 Å². The van der Waals surface area contributed by atoms with Gasteiger partial charge in [-0.05, 0) is 19.3 Å². The number of hydrogen-bond acceptors (Lipinski definition) is 2. The lowest BCUT2D eigenvalue weighted by atomic mass is 9.87. The van der Waals surface area contributed by atoms with Crippen molar-refractivity contribution >= 4 is 11.6 Å². The Kier molecular flexibility index (Phi) is 12.9. The first-order chi connectivity index (χ1) is 9.67. The average Bonchev–Trinajstić information content (AvgIpc) is 2.44. The molecule has 118 valence electrons. The van der Waals surface area contributed by atoms with Crippen LogP contribution in [0.3, 0.4) is 0 Å². The van der Waals surface area contributed by atoms with Gasteiger partial charge in [0.1, 0.15) is 11.6 Å². The fraction of sp³-hybridized carbons (Fsp3) is 0.889. The Labute approximate surface area is 125 Å². The molecule has 0 N–H and O–H groups in total. The van der Waals surface area contributed by atoms with Gasteiger partial charge < -0.3 is 0 Å². The van der Waals surface area contributed by atoms with Crippen molar-refractivity contribution in [2.45, 2.75) is 97.8 Å². The molecule has 0 aliphatic carbocycles. The zero-order valence-electron chi connectivity index (χ0n) is 13.9. The van der Waals surface area contributed by atoms with E-state index in [1.54, 1.807) is 0 Å². The Morgan fingerprint density at radius 3 is 1.45 bits per heavy atom. The van der Waals surface area contributed by atoms with Crippen molar-refractivity contribution in [2.24, 2.45) is 5.92 Å². The van der Waals surface area contributed by atoms with E-state index in [1.165, 1.54) is 0 Å². The van der Waals surface area contributed by atoms with Crippen LogP contribution < -0.4 is 0 Å². The molecule has 0 bridgehead atoms. The summed E-state index contributed by atoms with van der Waals surface area (Å²) >= 11 is 0. The number of carbonyl (C=O) groups is 2. The van der Waals surface area contributed by atoms with Gasteiger partial charge in [-0.2, -0.15) is 0 Å². The lowest BCUT2D eigenvalue weighted by Gasteiger charge is -2.14. The van der Waals surface area contributed by atoms with Crippen molar-refractivity contribution in [3.05, 3.63) is 0 Å². The Morgan fingerprint density at radius 2 is 1.05 bits per heavy atom. The standard InChI is InChI=1S/C18H34O2/c1-4-7-10-13-16(17(19)14-11-8-5-2)18(20)15-12-9-6-3/h16H,4-15H2,1-3H3. The second-order valence-electron chi connectivity index (χ2n) is 5.90. The van der Waals surface area contributed by atoms with Crippen molar-refractivity contribution in [3.63, 3.8) is 0 Å². The minimum Gasteiger partial charge on any atom is -0.299 e. The van der Waals surface area contributed by atoms with Crippen LogP contribution in [0.5, 0.6) is 0 Å². The highest BCUT2D eigenvalue weighted by Gasteiger charge is 2.24. The van der Waals surface area contributed by atoms with Crippen molar-refractivity contribution in [1.29, 1.82) is 0 Å². The van der Waals surface area contributed by atoms with E-state index < -0.39 is 0 Å². The highest BCUT2D eigenvalue weighted by molar-refractivity contribution is 6.02. The number of Topliss-reactive ketones (excluding diaryl/α,β-unsaturated/α-hetero) is 2. The van der Waals surface area contributed by atoms with Gasteiger partial charge in [0.2, 0.25) is 0 Å². The maximum absolute atomic E-state index is 12.3. The largest absolute Gasteiger partial charge is 0.299 e. The molecule has 0 aliphatic rings. The van der Waals surface area contributed by atoms with Crippen LogP contribution >= 0.6 is 0 Å². The third-order valence-electron chi connectivity index (χ3n) is 3.93. The third kappa shape index (κ3) is 9.28. The molecule has 0 fully saturated rings. The van der Waals surface area contributed by atoms with E-state index >= 15 is 0 Å². The van der Waals surface area contributed by atoms with Crippen LogP contribution in [0.1, 0.15) is 97.8 Å². The van der Waals surface area contributed by atoms with E-state index in [9.17, 15) is 9.59 Å². The van der Waals surface area contributed by atoms with Crippen LogP contribution in [0.2, 0.25) is 0 Å². The Bertz CT molecular complexity index is 236. The summed E-state index contributed by atoms with van der Waals surface area (Å²) < 4.78 is 0. The molecule has 2 heteroatoms. The molecule has 0 aromatic heterocycles. The van der Waals surface area contributed by atoms with Gasteiger partial charge >= 0.3 is 0 Å². The summed E-state index contributed by atoms with van der Waals surface area (Å²) in [4.78, 5) is 24.5. The highest BCUT2D eigenvalue weighted by atomic mass is 16.1. The maximum atomic E-state index is 12.3. The SMILES string of the molecule is CCCCCC(=O)C(CCCCC)C(=O)CCCCC. The van der Waals surface area contributed by atoms with Crippen molar-refractivity contribution in [3.8, 4) is 0 Å². The minimum absolute atomic E-state index is 0.205. The first-order valence-corrected chi connectivity index (χ1v) is 8.72. The zero-order chi connectivity index (χ0) is 15.2. The smallest absolute Gasteiger partial charge is 0.143 e. The molecular weight excluding hydrogens is 248 g/mol. The number of carbonyl (C=O) groups excluding carboxylic acids is 2. The quantitative estimate of drug-likeness (QED) is 0.312. The van der Waals surface area contributed by atoms with Gasteiger partial charge in [0.25, 0.3) is 0 Å². The predicted molar refractivity (Wildman–Crippen MR) is 85.9 cm³/mol. The lowest BCUT2D eigenvalue weighted by molar-refractivity contribution is -0.133. The van der Waals surface area contributed by atoms with Crippen LogP contribution in [-0.2, 0) is 9.59 Å². The van der Waals surface area contributed by atoms with Gasteiger partial charge in [0.15, 0.2) is 0 Å². The Hall–Kier alpha value is -0.660. The number of unbranched alkanes of at least 4 members (excludes halogenated alkanes) is 6. The summed E-state index contributed by atoms with van der Waals surface area (Å²) in [6.45, 7) is 6.43. The monoisotopic (exact) mass is 282 g/mol. The maximum Gasteiger partial charge on any atom is 0.143 e. The first-order valence-electron chi connectivity index (χ1n) is 8.72. The summed E-state index contributed by atoms with van der Waals surface area (Å²) in [7, 11) is 0. The van der Waals surface area contributed by atoms with Gasteiger partial charge in [0, 0.05) is 12.8 Å². The second kappa shape index (κ2) is 13.3. The number of hydrogen-bond donors (Lipinski definition) is 0. The Morgan fingerprint density at radius 1 is 0.650 bits per heavy atom. The first kappa shape index (κ1) is 19.3. The van der Waals surface area contributed by atoms with E-state index in [2.05, 4.69) is 20.8 Å². The summed E-state index contributed by atoms with van der Waals surface area (Å²) in [6, 6.07) is 0. The predicted octanol–water partition coefficient (Wildman–Crippen LogP) is 5.48. The molecule has 0 aromatic carbocycles. The van der Waals surface area contributed by atoms with Crippen LogP contribution in [0.25, 0.3) is 0 Å². The molecule has 0 amide bonds. The van der Waals surface area contributed by atoms with Crippen LogP contribution in [0.4, 0.5) is 0 Å². The molecule has 0 saturated heterocycles. The molecule has 0 unspecified atom stereocenters.